The minimum atomic E-state index is -0.363. The maximum atomic E-state index is 9.53. The summed E-state index contributed by atoms with van der Waals surface area (Å²) in [7, 11) is 0. The van der Waals surface area contributed by atoms with E-state index in [4.69, 9.17) is 5.73 Å². The van der Waals surface area contributed by atoms with E-state index < -0.39 is 0 Å². The molecule has 0 heterocycles. The highest BCUT2D eigenvalue weighted by Gasteiger charge is 2.36. The summed E-state index contributed by atoms with van der Waals surface area (Å²) in [5.74, 6) is 2.49. The van der Waals surface area contributed by atoms with Crippen molar-refractivity contribution in [3.8, 4) is 0 Å². The molecular formula is C24H31NOS. The normalized spacial score (nSPS) is 27.5. The van der Waals surface area contributed by atoms with E-state index in [1.54, 1.807) is 11.1 Å². The van der Waals surface area contributed by atoms with Crippen molar-refractivity contribution in [3.05, 3.63) is 64.7 Å². The van der Waals surface area contributed by atoms with E-state index in [1.807, 2.05) is 11.8 Å². The van der Waals surface area contributed by atoms with Crippen molar-refractivity contribution in [3.63, 3.8) is 0 Å². The van der Waals surface area contributed by atoms with Gasteiger partial charge in [0.25, 0.3) is 0 Å². The second-order valence-corrected chi connectivity index (χ2v) is 9.74. The molecule has 0 radical (unpaired) electrons. The van der Waals surface area contributed by atoms with Crippen LogP contribution in [-0.4, -0.2) is 23.0 Å². The van der Waals surface area contributed by atoms with Gasteiger partial charge in [-0.3, -0.25) is 0 Å². The summed E-state index contributed by atoms with van der Waals surface area (Å²) in [5.41, 5.74) is 11.8. The van der Waals surface area contributed by atoms with Gasteiger partial charge in [-0.15, -0.1) is 11.8 Å². The summed E-state index contributed by atoms with van der Waals surface area (Å²) in [6.07, 6.45) is 6.64. The van der Waals surface area contributed by atoms with Crippen LogP contribution in [0.3, 0.4) is 0 Å². The van der Waals surface area contributed by atoms with E-state index in [2.05, 4.69) is 49.4 Å². The molecule has 27 heavy (non-hydrogen) atoms. The molecule has 2 aromatic carbocycles. The molecule has 1 fully saturated rings. The quantitative estimate of drug-likeness (QED) is 0.728. The summed E-state index contributed by atoms with van der Waals surface area (Å²) in [4.78, 5) is 1.43. The summed E-state index contributed by atoms with van der Waals surface area (Å²) in [5, 5.41) is 9.53. The predicted molar refractivity (Wildman–Crippen MR) is 114 cm³/mol. The molecule has 0 saturated heterocycles. The van der Waals surface area contributed by atoms with E-state index in [9.17, 15) is 5.11 Å². The van der Waals surface area contributed by atoms with Gasteiger partial charge in [0.05, 0.1) is 6.61 Å². The number of rotatable bonds is 5. The molecule has 2 aromatic rings. The lowest BCUT2D eigenvalue weighted by molar-refractivity contribution is 0.198. The number of hydrogen-bond donors (Lipinski definition) is 2. The van der Waals surface area contributed by atoms with Crippen LogP contribution in [0.5, 0.6) is 0 Å². The van der Waals surface area contributed by atoms with Crippen molar-refractivity contribution in [1.29, 1.82) is 0 Å². The molecule has 1 unspecified atom stereocenters. The second kappa shape index (κ2) is 7.98. The SMILES string of the molecule is Cc1ccccc1SCC1CCc2cc([C@H]3CC[C@](N)(CO)C3)ccc2C1. The number of aryl methyl sites for hydroxylation is 2. The Kier molecular flexibility index (Phi) is 5.63. The molecule has 4 rings (SSSR count). The lowest BCUT2D eigenvalue weighted by atomic mass is 9.82. The molecule has 0 spiro atoms. The summed E-state index contributed by atoms with van der Waals surface area (Å²) in [6, 6.07) is 15.8. The molecule has 144 valence electrons. The first-order chi connectivity index (χ1) is 13.1. The molecule has 3 N–H and O–H groups in total. The predicted octanol–water partition coefficient (Wildman–Crippen LogP) is 4.85. The third kappa shape index (κ3) is 4.26. The molecule has 3 heteroatoms. The standard InChI is InChI=1S/C24H31NOS/c1-17-4-2-3-5-23(17)27-15-18-6-7-20-13-21(9-8-19(20)12-18)22-10-11-24(25,14-22)16-26/h2-5,8-9,13,18,22,26H,6-7,10-12,14-16,25H2,1H3/t18?,22-,24+/m0/s1. The van der Waals surface area contributed by atoms with Crippen molar-refractivity contribution in [2.75, 3.05) is 12.4 Å². The summed E-state index contributed by atoms with van der Waals surface area (Å²) in [6.45, 7) is 2.31. The average molecular weight is 382 g/mol. The van der Waals surface area contributed by atoms with Gasteiger partial charge in [0.1, 0.15) is 0 Å². The number of thioether (sulfide) groups is 1. The van der Waals surface area contributed by atoms with Crippen LogP contribution < -0.4 is 5.73 Å². The van der Waals surface area contributed by atoms with Gasteiger partial charge < -0.3 is 10.8 Å². The van der Waals surface area contributed by atoms with E-state index in [1.165, 1.54) is 41.0 Å². The monoisotopic (exact) mass is 381 g/mol. The van der Waals surface area contributed by atoms with Crippen LogP contribution in [0.1, 0.15) is 53.9 Å². The molecular weight excluding hydrogens is 350 g/mol. The number of hydrogen-bond acceptors (Lipinski definition) is 3. The fourth-order valence-electron chi connectivity index (χ4n) is 4.76. The maximum absolute atomic E-state index is 9.53. The number of fused-ring (bicyclic) bond motifs is 1. The maximum Gasteiger partial charge on any atom is 0.0611 e. The van der Waals surface area contributed by atoms with Gasteiger partial charge in [-0.1, -0.05) is 36.4 Å². The third-order valence-electron chi connectivity index (χ3n) is 6.56. The van der Waals surface area contributed by atoms with Gasteiger partial charge >= 0.3 is 0 Å². The molecule has 2 nitrogen and oxygen atoms in total. The van der Waals surface area contributed by atoms with Crippen LogP contribution in [0.15, 0.2) is 47.4 Å². The zero-order chi connectivity index (χ0) is 18.9. The first-order valence-corrected chi connectivity index (χ1v) is 11.2. The highest BCUT2D eigenvalue weighted by Crippen LogP contribution is 2.41. The molecule has 0 aromatic heterocycles. The highest BCUT2D eigenvalue weighted by molar-refractivity contribution is 7.99. The minimum absolute atomic E-state index is 0.106. The molecule has 0 aliphatic heterocycles. The molecule has 0 amide bonds. The zero-order valence-corrected chi connectivity index (χ0v) is 17.1. The van der Waals surface area contributed by atoms with Gasteiger partial charge in [0, 0.05) is 16.2 Å². The smallest absolute Gasteiger partial charge is 0.0611 e. The Labute approximate surface area is 167 Å². The summed E-state index contributed by atoms with van der Waals surface area (Å²) < 4.78 is 0. The molecule has 1 saturated carbocycles. The minimum Gasteiger partial charge on any atom is -0.394 e. The van der Waals surface area contributed by atoms with Crippen LogP contribution in [0.25, 0.3) is 0 Å². The van der Waals surface area contributed by atoms with Gasteiger partial charge in [-0.25, -0.2) is 0 Å². The number of nitrogens with two attached hydrogens (primary N) is 1. The Morgan fingerprint density at radius 2 is 2.00 bits per heavy atom. The number of aliphatic hydroxyl groups is 1. The van der Waals surface area contributed by atoms with Crippen LogP contribution in [0, 0.1) is 12.8 Å². The van der Waals surface area contributed by atoms with Crippen molar-refractivity contribution in [1.82, 2.24) is 0 Å². The largest absolute Gasteiger partial charge is 0.394 e. The van der Waals surface area contributed by atoms with Crippen LogP contribution >= 0.6 is 11.8 Å². The van der Waals surface area contributed by atoms with Crippen LogP contribution in [-0.2, 0) is 12.8 Å². The van der Waals surface area contributed by atoms with Crippen molar-refractivity contribution in [2.24, 2.45) is 11.7 Å². The first kappa shape index (κ1) is 19.0. The lowest BCUT2D eigenvalue weighted by Crippen LogP contribution is -2.40. The Morgan fingerprint density at radius 1 is 1.15 bits per heavy atom. The molecule has 2 aliphatic rings. The second-order valence-electron chi connectivity index (χ2n) is 8.67. The Balaban J connectivity index is 1.39. The van der Waals surface area contributed by atoms with Crippen LogP contribution in [0.4, 0.5) is 0 Å². The Morgan fingerprint density at radius 3 is 2.78 bits per heavy atom. The van der Waals surface area contributed by atoms with Crippen molar-refractivity contribution < 1.29 is 5.11 Å². The van der Waals surface area contributed by atoms with Gasteiger partial charge in [0.15, 0.2) is 0 Å². The Bertz CT molecular complexity index is 805. The highest BCUT2D eigenvalue weighted by atomic mass is 32.2. The number of aliphatic hydroxyl groups excluding tert-OH is 1. The summed E-state index contributed by atoms with van der Waals surface area (Å²) >= 11 is 2.02. The average Bonchev–Trinajstić information content (AvgIpc) is 3.10. The van der Waals surface area contributed by atoms with Gasteiger partial charge in [-0.2, -0.15) is 0 Å². The van der Waals surface area contributed by atoms with Gasteiger partial charge in [0.2, 0.25) is 0 Å². The van der Waals surface area contributed by atoms with Crippen molar-refractivity contribution in [2.45, 2.75) is 61.8 Å². The Hall–Kier alpha value is -1.29. The van der Waals surface area contributed by atoms with Gasteiger partial charge in [-0.05, 0) is 85.6 Å². The van der Waals surface area contributed by atoms with E-state index in [0.717, 1.165) is 25.2 Å². The van der Waals surface area contributed by atoms with E-state index in [-0.39, 0.29) is 12.1 Å². The van der Waals surface area contributed by atoms with E-state index in [0.29, 0.717) is 5.92 Å². The van der Waals surface area contributed by atoms with E-state index >= 15 is 0 Å². The fraction of sp³-hybridized carbons (Fsp3) is 0.500. The van der Waals surface area contributed by atoms with Crippen molar-refractivity contribution >= 4 is 11.8 Å². The lowest BCUT2D eigenvalue weighted by Gasteiger charge is -2.26. The zero-order valence-electron chi connectivity index (χ0n) is 16.3. The molecule has 3 atom stereocenters. The fourth-order valence-corrected chi connectivity index (χ4v) is 5.93. The topological polar surface area (TPSA) is 46.2 Å². The molecule has 2 aliphatic carbocycles. The number of benzene rings is 2. The third-order valence-corrected chi connectivity index (χ3v) is 7.97. The van der Waals surface area contributed by atoms with Crippen LogP contribution in [0.2, 0.25) is 0 Å². The molecule has 0 bridgehead atoms. The first-order valence-electron chi connectivity index (χ1n) is 10.3.